The topological polar surface area (TPSA) is 42.0 Å². The highest BCUT2D eigenvalue weighted by molar-refractivity contribution is 7.21. The maximum Gasteiger partial charge on any atom is 0.266 e. The van der Waals surface area contributed by atoms with Crippen LogP contribution in [0.5, 0.6) is 0 Å². The van der Waals surface area contributed by atoms with Crippen molar-refractivity contribution in [2.45, 2.75) is 20.3 Å². The van der Waals surface area contributed by atoms with Crippen molar-refractivity contribution >= 4 is 33.0 Å². The molecule has 4 heteroatoms. The molecular formula is C23H20N2OS. The molecule has 0 radical (unpaired) electrons. The van der Waals surface area contributed by atoms with E-state index in [1.807, 2.05) is 31.2 Å². The van der Waals surface area contributed by atoms with Crippen molar-refractivity contribution in [1.82, 2.24) is 4.98 Å². The Kier molecular flexibility index (Phi) is 4.73. The van der Waals surface area contributed by atoms with Crippen LogP contribution >= 0.6 is 11.3 Å². The fourth-order valence-electron chi connectivity index (χ4n) is 3.18. The maximum absolute atomic E-state index is 13.0. The van der Waals surface area contributed by atoms with E-state index >= 15 is 0 Å². The average molecular weight is 372 g/mol. The Balaban J connectivity index is 1.73. The van der Waals surface area contributed by atoms with Crippen LogP contribution in [0.4, 0.5) is 5.69 Å². The Morgan fingerprint density at radius 1 is 1.04 bits per heavy atom. The highest BCUT2D eigenvalue weighted by atomic mass is 32.1. The summed E-state index contributed by atoms with van der Waals surface area (Å²) < 4.78 is 1.13. The van der Waals surface area contributed by atoms with Crippen molar-refractivity contribution in [3.05, 3.63) is 94.1 Å². The lowest BCUT2D eigenvalue weighted by atomic mass is 10.0. The van der Waals surface area contributed by atoms with Crippen molar-refractivity contribution < 1.29 is 4.79 Å². The van der Waals surface area contributed by atoms with Gasteiger partial charge in [-0.05, 0) is 55.0 Å². The lowest BCUT2D eigenvalue weighted by Gasteiger charge is -2.08. The van der Waals surface area contributed by atoms with Crippen molar-refractivity contribution in [3.8, 4) is 0 Å². The normalized spacial score (nSPS) is 10.9. The minimum Gasteiger partial charge on any atom is -0.321 e. The molecule has 1 N–H and O–H groups in total. The molecule has 0 saturated heterocycles. The van der Waals surface area contributed by atoms with Gasteiger partial charge in [-0.1, -0.05) is 48.0 Å². The number of benzene rings is 2. The van der Waals surface area contributed by atoms with Crippen LogP contribution in [0.2, 0.25) is 0 Å². The zero-order valence-electron chi connectivity index (χ0n) is 15.3. The van der Waals surface area contributed by atoms with Gasteiger partial charge in [0.15, 0.2) is 0 Å². The summed E-state index contributed by atoms with van der Waals surface area (Å²) in [5, 5.41) is 4.18. The van der Waals surface area contributed by atoms with Gasteiger partial charge in [-0.15, -0.1) is 11.3 Å². The standard InChI is InChI=1S/C23H20N2OS/c1-15-7-9-17(10-8-15)14-20-19-5-3-4-6-21(19)27-22(20)23(26)25-18-11-12-24-16(2)13-18/h3-13H,14H2,1-2H3,(H,24,25,26). The molecule has 0 fully saturated rings. The minimum atomic E-state index is -0.0658. The number of anilines is 1. The zero-order chi connectivity index (χ0) is 18.8. The first-order valence-corrected chi connectivity index (χ1v) is 9.72. The summed E-state index contributed by atoms with van der Waals surface area (Å²) in [6, 6.07) is 20.4. The Morgan fingerprint density at radius 3 is 2.59 bits per heavy atom. The van der Waals surface area contributed by atoms with E-state index in [-0.39, 0.29) is 5.91 Å². The second-order valence-corrected chi connectivity index (χ2v) is 7.76. The third-order valence-electron chi connectivity index (χ3n) is 4.56. The van der Waals surface area contributed by atoms with E-state index in [4.69, 9.17) is 0 Å². The molecule has 4 rings (SSSR count). The molecule has 0 aliphatic carbocycles. The van der Waals surface area contributed by atoms with Gasteiger partial charge in [0.2, 0.25) is 0 Å². The Labute approximate surface area is 162 Å². The Bertz CT molecular complexity index is 1110. The molecule has 134 valence electrons. The summed E-state index contributed by atoms with van der Waals surface area (Å²) in [5.74, 6) is -0.0658. The molecule has 0 spiro atoms. The van der Waals surface area contributed by atoms with Gasteiger partial charge in [0.25, 0.3) is 5.91 Å². The number of rotatable bonds is 4. The van der Waals surface area contributed by atoms with Gasteiger partial charge < -0.3 is 5.32 Å². The van der Waals surface area contributed by atoms with Crippen LogP contribution in [0.25, 0.3) is 10.1 Å². The quantitative estimate of drug-likeness (QED) is 0.495. The van der Waals surface area contributed by atoms with Crippen LogP contribution in [0.3, 0.4) is 0 Å². The molecule has 2 heterocycles. The van der Waals surface area contributed by atoms with Crippen molar-refractivity contribution in [2.75, 3.05) is 5.32 Å². The van der Waals surface area contributed by atoms with E-state index in [0.29, 0.717) is 0 Å². The Hall–Kier alpha value is -2.98. The molecule has 0 aliphatic heterocycles. The number of hydrogen-bond acceptors (Lipinski definition) is 3. The lowest BCUT2D eigenvalue weighted by Crippen LogP contribution is -2.12. The fraction of sp³-hybridized carbons (Fsp3) is 0.130. The smallest absolute Gasteiger partial charge is 0.266 e. The van der Waals surface area contributed by atoms with Gasteiger partial charge in [-0.3, -0.25) is 9.78 Å². The molecule has 4 aromatic rings. The molecule has 2 aromatic carbocycles. The zero-order valence-corrected chi connectivity index (χ0v) is 16.1. The van der Waals surface area contributed by atoms with Crippen molar-refractivity contribution in [1.29, 1.82) is 0 Å². The van der Waals surface area contributed by atoms with Crippen LogP contribution in [-0.4, -0.2) is 10.9 Å². The van der Waals surface area contributed by atoms with Crippen LogP contribution in [-0.2, 0) is 6.42 Å². The summed E-state index contributed by atoms with van der Waals surface area (Å²) in [6.07, 6.45) is 2.45. The van der Waals surface area contributed by atoms with Gasteiger partial charge in [0, 0.05) is 22.3 Å². The second kappa shape index (κ2) is 7.33. The average Bonchev–Trinajstić information content (AvgIpc) is 3.02. The van der Waals surface area contributed by atoms with E-state index in [0.717, 1.165) is 38.3 Å². The molecule has 2 aromatic heterocycles. The van der Waals surface area contributed by atoms with Gasteiger partial charge in [0.1, 0.15) is 0 Å². The van der Waals surface area contributed by atoms with Crippen LogP contribution in [0.1, 0.15) is 32.1 Å². The molecule has 0 unspecified atom stereocenters. The molecule has 27 heavy (non-hydrogen) atoms. The number of amides is 1. The highest BCUT2D eigenvalue weighted by Crippen LogP contribution is 2.33. The molecule has 0 atom stereocenters. The first-order valence-electron chi connectivity index (χ1n) is 8.90. The monoisotopic (exact) mass is 372 g/mol. The minimum absolute atomic E-state index is 0.0658. The van der Waals surface area contributed by atoms with Crippen LogP contribution < -0.4 is 5.32 Å². The third kappa shape index (κ3) is 3.76. The van der Waals surface area contributed by atoms with E-state index in [2.05, 4.69) is 53.6 Å². The highest BCUT2D eigenvalue weighted by Gasteiger charge is 2.19. The summed E-state index contributed by atoms with van der Waals surface area (Å²) in [4.78, 5) is 18.0. The lowest BCUT2D eigenvalue weighted by molar-refractivity contribution is 0.103. The first-order chi connectivity index (χ1) is 13.1. The summed E-state index contributed by atoms with van der Waals surface area (Å²) in [6.45, 7) is 4.00. The molecule has 3 nitrogen and oxygen atoms in total. The summed E-state index contributed by atoms with van der Waals surface area (Å²) in [5.41, 5.74) is 5.18. The number of aryl methyl sites for hydroxylation is 2. The van der Waals surface area contributed by atoms with Gasteiger partial charge in [-0.25, -0.2) is 0 Å². The summed E-state index contributed by atoms with van der Waals surface area (Å²) >= 11 is 1.55. The second-order valence-electron chi connectivity index (χ2n) is 6.71. The van der Waals surface area contributed by atoms with E-state index in [1.165, 1.54) is 11.1 Å². The largest absolute Gasteiger partial charge is 0.321 e. The van der Waals surface area contributed by atoms with Crippen LogP contribution in [0.15, 0.2) is 66.9 Å². The van der Waals surface area contributed by atoms with Crippen molar-refractivity contribution in [2.24, 2.45) is 0 Å². The van der Waals surface area contributed by atoms with E-state index in [9.17, 15) is 4.79 Å². The number of nitrogens with one attached hydrogen (secondary N) is 1. The number of pyridine rings is 1. The molecule has 1 amide bonds. The number of nitrogens with zero attached hydrogens (tertiary/aromatic N) is 1. The number of aromatic nitrogens is 1. The predicted octanol–water partition coefficient (Wildman–Crippen LogP) is 5.76. The van der Waals surface area contributed by atoms with Crippen molar-refractivity contribution in [3.63, 3.8) is 0 Å². The third-order valence-corrected chi connectivity index (χ3v) is 5.77. The van der Waals surface area contributed by atoms with E-state index < -0.39 is 0 Å². The number of hydrogen-bond donors (Lipinski definition) is 1. The van der Waals surface area contributed by atoms with Gasteiger partial charge in [-0.2, -0.15) is 0 Å². The molecule has 0 bridgehead atoms. The van der Waals surface area contributed by atoms with Gasteiger partial charge >= 0.3 is 0 Å². The number of carbonyl (C=O) groups is 1. The fourth-order valence-corrected chi connectivity index (χ4v) is 4.30. The maximum atomic E-state index is 13.0. The first kappa shape index (κ1) is 17.4. The van der Waals surface area contributed by atoms with Crippen LogP contribution in [0, 0.1) is 13.8 Å². The Morgan fingerprint density at radius 2 is 1.81 bits per heavy atom. The number of thiophene rings is 1. The predicted molar refractivity (Wildman–Crippen MR) is 113 cm³/mol. The van der Waals surface area contributed by atoms with E-state index in [1.54, 1.807) is 17.5 Å². The molecule has 0 saturated carbocycles. The summed E-state index contributed by atoms with van der Waals surface area (Å²) in [7, 11) is 0. The molecule has 0 aliphatic rings. The van der Waals surface area contributed by atoms with Gasteiger partial charge in [0.05, 0.1) is 4.88 Å². The molecular weight excluding hydrogens is 352 g/mol. The number of carbonyl (C=O) groups excluding carboxylic acids is 1. The number of fused-ring (bicyclic) bond motifs is 1. The SMILES string of the molecule is Cc1ccc(Cc2c(C(=O)Nc3ccnc(C)c3)sc3ccccc23)cc1.